The van der Waals surface area contributed by atoms with Crippen molar-refractivity contribution >= 4 is 11.0 Å². The van der Waals surface area contributed by atoms with Crippen LogP contribution in [0.25, 0.3) is 11.0 Å². The molecule has 29 heavy (non-hydrogen) atoms. The van der Waals surface area contributed by atoms with Crippen molar-refractivity contribution in [2.24, 2.45) is 0 Å². The maximum absolute atomic E-state index is 10.5. The van der Waals surface area contributed by atoms with Gasteiger partial charge in [-0.3, -0.25) is 4.90 Å². The minimum absolute atomic E-state index is 0.192. The highest BCUT2D eigenvalue weighted by atomic mass is 16.5. The number of hydrogen-bond acceptors (Lipinski definition) is 7. The number of nitrogens with zero attached hydrogens (tertiary/aromatic N) is 2. The second-order valence-electron chi connectivity index (χ2n) is 6.82. The van der Waals surface area contributed by atoms with Gasteiger partial charge in [-0.25, -0.2) is 0 Å². The molecular formula is C22H28N2O5. The number of rotatable bonds is 11. The number of fused-ring (bicyclic) bond motifs is 1. The Morgan fingerprint density at radius 3 is 2.41 bits per heavy atom. The zero-order valence-electron chi connectivity index (χ0n) is 17.2. The number of aromatic nitrogens is 1. The summed E-state index contributed by atoms with van der Waals surface area (Å²) in [7, 11) is 5.01. The summed E-state index contributed by atoms with van der Waals surface area (Å²) < 4.78 is 21.5. The SMILES string of the molecule is COCCN(CCOC)Cc1c(O)ccc2c(Cc3ccccc3OC)noc12. The summed E-state index contributed by atoms with van der Waals surface area (Å²) in [5.74, 6) is 1.00. The van der Waals surface area contributed by atoms with Gasteiger partial charge in [0.05, 0.1) is 31.6 Å². The maximum Gasteiger partial charge on any atom is 0.175 e. The lowest BCUT2D eigenvalue weighted by atomic mass is 10.0. The minimum Gasteiger partial charge on any atom is -0.507 e. The van der Waals surface area contributed by atoms with E-state index in [-0.39, 0.29) is 5.75 Å². The molecule has 7 heteroatoms. The number of para-hydroxylation sites is 1. The van der Waals surface area contributed by atoms with Gasteiger partial charge in [0.15, 0.2) is 5.58 Å². The average molecular weight is 400 g/mol. The molecule has 0 radical (unpaired) electrons. The molecule has 0 spiro atoms. The van der Waals surface area contributed by atoms with E-state index < -0.39 is 0 Å². The van der Waals surface area contributed by atoms with Crippen molar-refractivity contribution in [3.05, 3.63) is 53.2 Å². The van der Waals surface area contributed by atoms with E-state index in [1.807, 2.05) is 30.3 Å². The van der Waals surface area contributed by atoms with Crippen LogP contribution in [0, 0.1) is 0 Å². The molecule has 0 fully saturated rings. The number of phenolic OH excluding ortho intramolecular Hbond substituents is 1. The van der Waals surface area contributed by atoms with Crippen molar-refractivity contribution in [2.75, 3.05) is 47.6 Å². The number of aromatic hydroxyl groups is 1. The molecule has 0 atom stereocenters. The molecule has 0 saturated heterocycles. The normalized spacial score (nSPS) is 11.4. The van der Waals surface area contributed by atoms with Crippen molar-refractivity contribution in [1.82, 2.24) is 10.1 Å². The third-order valence-corrected chi connectivity index (χ3v) is 4.95. The highest BCUT2D eigenvalue weighted by Gasteiger charge is 2.19. The van der Waals surface area contributed by atoms with Gasteiger partial charge >= 0.3 is 0 Å². The number of methoxy groups -OCH3 is 3. The zero-order chi connectivity index (χ0) is 20.6. The van der Waals surface area contributed by atoms with Crippen molar-refractivity contribution in [3.8, 4) is 11.5 Å². The van der Waals surface area contributed by atoms with E-state index in [9.17, 15) is 5.11 Å². The fraction of sp³-hybridized carbons (Fsp3) is 0.409. The fourth-order valence-corrected chi connectivity index (χ4v) is 3.34. The monoisotopic (exact) mass is 400 g/mol. The van der Waals surface area contributed by atoms with Crippen molar-refractivity contribution in [3.63, 3.8) is 0 Å². The smallest absolute Gasteiger partial charge is 0.175 e. The van der Waals surface area contributed by atoms with Crippen molar-refractivity contribution < 1.29 is 23.8 Å². The number of ether oxygens (including phenoxy) is 3. The van der Waals surface area contributed by atoms with Gasteiger partial charge in [0, 0.05) is 51.2 Å². The van der Waals surface area contributed by atoms with Crippen molar-refractivity contribution in [1.29, 1.82) is 0 Å². The first kappa shape index (κ1) is 21.1. The molecule has 0 unspecified atom stereocenters. The Labute approximate surface area is 170 Å². The van der Waals surface area contributed by atoms with Crippen molar-refractivity contribution in [2.45, 2.75) is 13.0 Å². The van der Waals surface area contributed by atoms with Gasteiger partial charge in [0.2, 0.25) is 0 Å². The van der Waals surface area contributed by atoms with Crippen LogP contribution in [0.1, 0.15) is 16.8 Å². The van der Waals surface area contributed by atoms with Crippen LogP contribution in [-0.4, -0.2) is 62.8 Å². The first-order valence-electron chi connectivity index (χ1n) is 9.59. The molecule has 7 nitrogen and oxygen atoms in total. The Kier molecular flexibility index (Phi) is 7.46. The van der Waals surface area contributed by atoms with Crippen LogP contribution >= 0.6 is 0 Å². The average Bonchev–Trinajstić information content (AvgIpc) is 3.15. The highest BCUT2D eigenvalue weighted by Crippen LogP contribution is 2.32. The van der Waals surface area contributed by atoms with Gasteiger partial charge in [-0.2, -0.15) is 0 Å². The van der Waals surface area contributed by atoms with E-state index in [0.29, 0.717) is 37.3 Å². The summed E-state index contributed by atoms with van der Waals surface area (Å²) >= 11 is 0. The fourth-order valence-electron chi connectivity index (χ4n) is 3.34. The van der Waals surface area contributed by atoms with E-state index in [2.05, 4.69) is 10.1 Å². The van der Waals surface area contributed by atoms with Gasteiger partial charge in [-0.15, -0.1) is 0 Å². The molecule has 1 N–H and O–H groups in total. The van der Waals surface area contributed by atoms with Crippen LogP contribution in [0.3, 0.4) is 0 Å². The van der Waals surface area contributed by atoms with Crippen LogP contribution in [0.2, 0.25) is 0 Å². The Morgan fingerprint density at radius 1 is 1.00 bits per heavy atom. The second-order valence-corrected chi connectivity index (χ2v) is 6.82. The Hall–Kier alpha value is -2.61. The molecule has 1 heterocycles. The molecule has 3 aromatic rings. The summed E-state index contributed by atoms with van der Waals surface area (Å²) in [6.07, 6.45) is 0.582. The van der Waals surface area contributed by atoms with E-state index in [1.54, 1.807) is 27.4 Å². The van der Waals surface area contributed by atoms with E-state index in [1.165, 1.54) is 0 Å². The van der Waals surface area contributed by atoms with Crippen LogP contribution < -0.4 is 4.74 Å². The van der Waals surface area contributed by atoms with E-state index in [4.69, 9.17) is 18.7 Å². The molecule has 2 aromatic carbocycles. The van der Waals surface area contributed by atoms with Gasteiger partial charge in [0.25, 0.3) is 0 Å². The summed E-state index contributed by atoms with van der Waals surface area (Å²) in [4.78, 5) is 2.16. The molecule has 0 amide bonds. The Balaban J connectivity index is 1.90. The third kappa shape index (κ3) is 5.06. The van der Waals surface area contributed by atoms with Crippen LogP contribution in [-0.2, 0) is 22.4 Å². The molecular weight excluding hydrogens is 372 g/mol. The number of hydrogen-bond donors (Lipinski definition) is 1. The molecule has 3 rings (SSSR count). The van der Waals surface area contributed by atoms with Crippen LogP contribution in [0.4, 0.5) is 0 Å². The molecule has 156 valence electrons. The van der Waals surface area contributed by atoms with Crippen LogP contribution in [0.15, 0.2) is 40.9 Å². The minimum atomic E-state index is 0.192. The molecule has 0 saturated carbocycles. The predicted octanol–water partition coefficient (Wildman–Crippen LogP) is 3.23. The number of benzene rings is 2. The molecule has 0 aliphatic rings. The summed E-state index contributed by atoms with van der Waals surface area (Å²) in [6.45, 7) is 3.14. The Morgan fingerprint density at radius 2 is 1.72 bits per heavy atom. The van der Waals surface area contributed by atoms with Gasteiger partial charge in [0.1, 0.15) is 11.5 Å². The standard InChI is InChI=1S/C22H28N2O5/c1-26-12-10-24(11-13-27-2)15-18-20(25)9-8-17-19(23-29-22(17)18)14-16-6-4-5-7-21(16)28-3/h4-9,25H,10-15H2,1-3H3. The number of phenols is 1. The van der Waals surface area contributed by atoms with E-state index in [0.717, 1.165) is 35.5 Å². The molecule has 0 bridgehead atoms. The lowest BCUT2D eigenvalue weighted by Crippen LogP contribution is -2.30. The maximum atomic E-state index is 10.5. The Bertz CT molecular complexity index is 917. The van der Waals surface area contributed by atoms with Gasteiger partial charge in [-0.05, 0) is 18.2 Å². The molecule has 0 aliphatic carbocycles. The highest BCUT2D eigenvalue weighted by molar-refractivity contribution is 5.84. The van der Waals surface area contributed by atoms with Gasteiger partial charge < -0.3 is 23.8 Å². The van der Waals surface area contributed by atoms with Gasteiger partial charge in [-0.1, -0.05) is 23.4 Å². The topological polar surface area (TPSA) is 77.2 Å². The first-order chi connectivity index (χ1) is 14.2. The first-order valence-corrected chi connectivity index (χ1v) is 9.59. The molecule has 1 aromatic heterocycles. The lowest BCUT2D eigenvalue weighted by Gasteiger charge is -2.22. The molecule has 0 aliphatic heterocycles. The predicted molar refractivity (Wildman–Crippen MR) is 111 cm³/mol. The zero-order valence-corrected chi connectivity index (χ0v) is 17.2. The third-order valence-electron chi connectivity index (χ3n) is 4.95. The quantitative estimate of drug-likeness (QED) is 0.529. The second kappa shape index (κ2) is 10.2. The lowest BCUT2D eigenvalue weighted by molar-refractivity contribution is 0.110. The largest absolute Gasteiger partial charge is 0.507 e. The summed E-state index contributed by atoms with van der Waals surface area (Å²) in [6, 6.07) is 11.4. The van der Waals surface area contributed by atoms with Crippen LogP contribution in [0.5, 0.6) is 11.5 Å². The summed E-state index contributed by atoms with van der Waals surface area (Å²) in [5.41, 5.74) is 3.16. The summed E-state index contributed by atoms with van der Waals surface area (Å²) in [5, 5.41) is 15.7. The van der Waals surface area contributed by atoms with E-state index >= 15 is 0 Å².